The number of terminal acetylenes is 1. The molecule has 1 atom stereocenters. The zero-order valence-electron chi connectivity index (χ0n) is 10.4. The van der Waals surface area contributed by atoms with E-state index in [1.807, 2.05) is 31.2 Å². The van der Waals surface area contributed by atoms with Crippen molar-refractivity contribution >= 4 is 23.4 Å². The molecule has 1 unspecified atom stereocenters. The summed E-state index contributed by atoms with van der Waals surface area (Å²) >= 11 is 1.56. The minimum Gasteiger partial charge on any atom is -0.452 e. The second kappa shape index (κ2) is 7.67. The van der Waals surface area contributed by atoms with Crippen LogP contribution in [-0.2, 0) is 15.3 Å². The van der Waals surface area contributed by atoms with Crippen molar-refractivity contribution in [3.8, 4) is 12.3 Å². The van der Waals surface area contributed by atoms with Crippen LogP contribution >= 0.6 is 11.8 Å². The number of hydrogen-bond donors (Lipinski definition) is 1. The summed E-state index contributed by atoms with van der Waals surface area (Å²) in [5.41, 5.74) is 7.49. The number of rotatable bonds is 6. The predicted molar refractivity (Wildman–Crippen MR) is 76.0 cm³/mol. The molecule has 1 aromatic carbocycles. The average Bonchev–Trinajstić information content (AvgIpc) is 2.39. The highest BCUT2D eigenvalue weighted by molar-refractivity contribution is 7.99. The van der Waals surface area contributed by atoms with Gasteiger partial charge in [-0.2, -0.15) is 0 Å². The molecule has 0 aromatic heterocycles. The normalized spacial score (nSPS) is 11.6. The van der Waals surface area contributed by atoms with E-state index < -0.39 is 0 Å². The van der Waals surface area contributed by atoms with Gasteiger partial charge in [0.25, 0.3) is 0 Å². The number of anilines is 1. The largest absolute Gasteiger partial charge is 0.452 e. The number of ether oxygens (including phenoxy) is 1. The monoisotopic (exact) mass is 263 g/mol. The molecule has 3 nitrogen and oxygen atoms in total. The van der Waals surface area contributed by atoms with Gasteiger partial charge in [-0.3, -0.25) is 4.79 Å². The fourth-order valence-corrected chi connectivity index (χ4v) is 2.39. The molecule has 0 amide bonds. The molecule has 0 aliphatic rings. The van der Waals surface area contributed by atoms with Gasteiger partial charge in [0.05, 0.1) is 0 Å². The third-order valence-corrected chi connectivity index (χ3v) is 3.79. The van der Waals surface area contributed by atoms with Gasteiger partial charge in [-0.1, -0.05) is 25.0 Å². The number of carbonyl (C=O) groups excluding carboxylic acids is 1. The highest BCUT2D eigenvalue weighted by Crippen LogP contribution is 2.22. The molecule has 18 heavy (non-hydrogen) atoms. The minimum absolute atomic E-state index is 0.0394. The van der Waals surface area contributed by atoms with Crippen LogP contribution in [0.2, 0.25) is 0 Å². The number of carbonyl (C=O) groups is 1. The van der Waals surface area contributed by atoms with Gasteiger partial charge >= 0.3 is 5.97 Å². The molecule has 1 aromatic rings. The number of thioether (sulfide) groups is 1. The molecule has 0 aliphatic heterocycles. The van der Waals surface area contributed by atoms with Crippen LogP contribution in [0.3, 0.4) is 0 Å². The summed E-state index contributed by atoms with van der Waals surface area (Å²) in [4.78, 5) is 11.6. The summed E-state index contributed by atoms with van der Waals surface area (Å²) < 4.78 is 4.94. The first kappa shape index (κ1) is 14.5. The first-order valence-electron chi connectivity index (χ1n) is 5.73. The Balaban J connectivity index is 2.46. The fraction of sp³-hybridized carbons (Fsp3) is 0.357. The van der Waals surface area contributed by atoms with Gasteiger partial charge < -0.3 is 10.5 Å². The van der Waals surface area contributed by atoms with Crippen LogP contribution in [0.15, 0.2) is 24.3 Å². The molecular formula is C14H17NO2S. The molecule has 96 valence electrons. The predicted octanol–water partition coefficient (Wildman–Crippen LogP) is 2.46. The van der Waals surface area contributed by atoms with Crippen molar-refractivity contribution in [2.24, 2.45) is 0 Å². The molecule has 1 rings (SSSR count). The Morgan fingerprint density at radius 3 is 2.72 bits per heavy atom. The first-order valence-corrected chi connectivity index (χ1v) is 6.78. The van der Waals surface area contributed by atoms with Gasteiger partial charge in [-0.15, -0.1) is 18.2 Å². The van der Waals surface area contributed by atoms with Crippen molar-refractivity contribution in [1.82, 2.24) is 0 Å². The van der Waals surface area contributed by atoms with Crippen molar-refractivity contribution in [2.75, 3.05) is 12.3 Å². The van der Waals surface area contributed by atoms with Crippen LogP contribution in [0.1, 0.15) is 18.9 Å². The number of benzene rings is 1. The average molecular weight is 263 g/mol. The van der Waals surface area contributed by atoms with Crippen LogP contribution in [-0.4, -0.2) is 17.8 Å². The van der Waals surface area contributed by atoms with Gasteiger partial charge in [-0.05, 0) is 24.1 Å². The highest BCUT2D eigenvalue weighted by Gasteiger charge is 2.18. The third-order valence-electron chi connectivity index (χ3n) is 2.36. The molecule has 0 radical (unpaired) electrons. The van der Waals surface area contributed by atoms with Crippen LogP contribution in [0.5, 0.6) is 0 Å². The van der Waals surface area contributed by atoms with E-state index in [0.29, 0.717) is 0 Å². The van der Waals surface area contributed by atoms with Gasteiger partial charge in [0.2, 0.25) is 0 Å². The maximum Gasteiger partial charge on any atom is 0.320 e. The van der Waals surface area contributed by atoms with E-state index in [-0.39, 0.29) is 17.8 Å². The van der Waals surface area contributed by atoms with E-state index in [4.69, 9.17) is 16.9 Å². The van der Waals surface area contributed by atoms with Crippen molar-refractivity contribution in [3.63, 3.8) is 0 Å². The summed E-state index contributed by atoms with van der Waals surface area (Å²) in [6.07, 6.45) is 5.78. The van der Waals surface area contributed by atoms with E-state index in [1.165, 1.54) is 0 Å². The topological polar surface area (TPSA) is 52.3 Å². The first-order chi connectivity index (χ1) is 8.67. The van der Waals surface area contributed by atoms with E-state index >= 15 is 0 Å². The highest BCUT2D eigenvalue weighted by atomic mass is 32.2. The molecule has 0 saturated heterocycles. The molecule has 0 saturated carbocycles. The second-order valence-corrected chi connectivity index (χ2v) is 4.95. The Hall–Kier alpha value is -1.60. The Morgan fingerprint density at radius 2 is 2.17 bits per heavy atom. The zero-order valence-corrected chi connectivity index (χ0v) is 11.2. The molecule has 0 aliphatic carbocycles. The quantitative estimate of drug-likeness (QED) is 0.486. The van der Waals surface area contributed by atoms with Crippen LogP contribution < -0.4 is 5.73 Å². The van der Waals surface area contributed by atoms with E-state index in [9.17, 15) is 4.79 Å². The lowest BCUT2D eigenvalue weighted by molar-refractivity contribution is -0.141. The summed E-state index contributed by atoms with van der Waals surface area (Å²) in [6, 6.07) is 7.63. The summed E-state index contributed by atoms with van der Waals surface area (Å²) in [5.74, 6) is 2.81. The minimum atomic E-state index is -0.240. The van der Waals surface area contributed by atoms with E-state index in [2.05, 4.69) is 5.92 Å². The van der Waals surface area contributed by atoms with Gasteiger partial charge in [0.15, 0.2) is 6.61 Å². The number of hydrogen-bond acceptors (Lipinski definition) is 4. The SMILES string of the molecule is C#CCOC(=O)C(CC)SCc1ccc(N)cc1. The molecule has 2 N–H and O–H groups in total. The maximum atomic E-state index is 11.6. The van der Waals surface area contributed by atoms with Gasteiger partial charge in [0, 0.05) is 11.4 Å². The van der Waals surface area contributed by atoms with Crippen molar-refractivity contribution in [2.45, 2.75) is 24.3 Å². The lowest BCUT2D eigenvalue weighted by atomic mass is 10.2. The molecule has 0 fully saturated rings. The number of nitrogens with two attached hydrogens (primary N) is 1. The summed E-state index contributed by atoms with van der Waals surface area (Å²) in [6.45, 7) is 2.00. The van der Waals surface area contributed by atoms with Crippen LogP contribution in [0.4, 0.5) is 5.69 Å². The summed E-state index contributed by atoms with van der Waals surface area (Å²) in [5, 5.41) is -0.170. The summed E-state index contributed by atoms with van der Waals surface area (Å²) in [7, 11) is 0. The van der Waals surface area contributed by atoms with Crippen molar-refractivity contribution < 1.29 is 9.53 Å². The Morgan fingerprint density at radius 1 is 1.50 bits per heavy atom. The standard InChI is InChI=1S/C14H17NO2S/c1-3-9-17-14(16)13(4-2)18-10-11-5-7-12(15)8-6-11/h1,5-8,13H,4,9-10,15H2,2H3. The Labute approximate surface area is 112 Å². The lowest BCUT2D eigenvalue weighted by Gasteiger charge is -2.12. The molecule has 0 spiro atoms. The molecule has 0 bridgehead atoms. The van der Waals surface area contributed by atoms with Gasteiger partial charge in [-0.25, -0.2) is 0 Å². The van der Waals surface area contributed by atoms with E-state index in [0.717, 1.165) is 23.4 Å². The smallest absolute Gasteiger partial charge is 0.320 e. The maximum absolute atomic E-state index is 11.6. The van der Waals surface area contributed by atoms with Crippen molar-refractivity contribution in [3.05, 3.63) is 29.8 Å². The Bertz CT molecular complexity index is 422. The number of esters is 1. The lowest BCUT2D eigenvalue weighted by Crippen LogP contribution is -2.19. The van der Waals surface area contributed by atoms with E-state index in [1.54, 1.807) is 11.8 Å². The molecular weight excluding hydrogens is 246 g/mol. The fourth-order valence-electron chi connectivity index (χ4n) is 1.37. The zero-order chi connectivity index (χ0) is 13.4. The second-order valence-electron chi connectivity index (χ2n) is 3.76. The van der Waals surface area contributed by atoms with Crippen molar-refractivity contribution in [1.29, 1.82) is 0 Å². The van der Waals surface area contributed by atoms with Crippen LogP contribution in [0.25, 0.3) is 0 Å². The molecule has 4 heteroatoms. The third kappa shape index (κ3) is 4.72. The Kier molecular flexibility index (Phi) is 6.16. The van der Waals surface area contributed by atoms with Gasteiger partial charge in [0.1, 0.15) is 5.25 Å². The number of nitrogen functional groups attached to an aromatic ring is 1. The van der Waals surface area contributed by atoms with Crippen LogP contribution in [0, 0.1) is 12.3 Å². The molecule has 0 heterocycles.